The maximum absolute atomic E-state index is 9.65. The zero-order valence-electron chi connectivity index (χ0n) is 12.5. The Balaban J connectivity index is 2.62. The maximum atomic E-state index is 9.65. The van der Waals surface area contributed by atoms with Crippen LogP contribution in [0.4, 0.5) is 0 Å². The Morgan fingerprint density at radius 2 is 1.95 bits per heavy atom. The van der Waals surface area contributed by atoms with Gasteiger partial charge in [0.25, 0.3) is 0 Å². The first-order valence-electron chi connectivity index (χ1n) is 7.19. The van der Waals surface area contributed by atoms with Crippen LogP contribution in [0.1, 0.15) is 38.7 Å². The van der Waals surface area contributed by atoms with E-state index in [4.69, 9.17) is 5.73 Å². The van der Waals surface area contributed by atoms with Crippen LogP contribution in [-0.2, 0) is 5.54 Å². The zero-order valence-corrected chi connectivity index (χ0v) is 12.5. The van der Waals surface area contributed by atoms with E-state index >= 15 is 0 Å². The molecule has 19 heavy (non-hydrogen) atoms. The number of hydrogen-bond acceptors (Lipinski definition) is 3. The second kappa shape index (κ2) is 7.63. The van der Waals surface area contributed by atoms with Crippen LogP contribution in [-0.4, -0.2) is 36.2 Å². The lowest BCUT2D eigenvalue weighted by molar-refractivity contribution is 0.157. The van der Waals surface area contributed by atoms with E-state index in [1.165, 1.54) is 12.8 Å². The molecule has 0 amide bonds. The number of benzene rings is 1. The molecule has 0 fully saturated rings. The van der Waals surface area contributed by atoms with Gasteiger partial charge in [0.2, 0.25) is 0 Å². The quantitative estimate of drug-likeness (QED) is 0.758. The molecule has 0 saturated carbocycles. The molecule has 2 atom stereocenters. The number of nitrogens with zero attached hydrogens (tertiary/aromatic N) is 1. The van der Waals surface area contributed by atoms with E-state index in [0.717, 1.165) is 18.5 Å². The summed E-state index contributed by atoms with van der Waals surface area (Å²) in [5.41, 5.74) is 6.74. The third-order valence-electron chi connectivity index (χ3n) is 4.00. The predicted molar refractivity (Wildman–Crippen MR) is 81.0 cm³/mol. The predicted octanol–water partition coefficient (Wildman–Crippen LogP) is 2.34. The minimum atomic E-state index is -0.637. The topological polar surface area (TPSA) is 49.5 Å². The first kappa shape index (κ1) is 16.2. The maximum Gasteiger partial charge on any atom is 0.0656 e. The molecule has 1 aromatic carbocycles. The second-order valence-corrected chi connectivity index (χ2v) is 5.55. The van der Waals surface area contributed by atoms with Gasteiger partial charge in [-0.3, -0.25) is 0 Å². The zero-order chi connectivity index (χ0) is 14.3. The molecule has 0 heterocycles. The molecule has 0 aromatic heterocycles. The Bertz CT molecular complexity index is 355. The first-order valence-corrected chi connectivity index (χ1v) is 7.19. The van der Waals surface area contributed by atoms with Gasteiger partial charge in [0, 0.05) is 12.6 Å². The van der Waals surface area contributed by atoms with E-state index in [9.17, 15) is 5.11 Å². The fourth-order valence-electron chi connectivity index (χ4n) is 2.32. The van der Waals surface area contributed by atoms with Crippen LogP contribution in [0.5, 0.6) is 0 Å². The van der Waals surface area contributed by atoms with Gasteiger partial charge in [-0.05, 0) is 32.4 Å². The van der Waals surface area contributed by atoms with Crippen molar-refractivity contribution in [3.8, 4) is 0 Å². The summed E-state index contributed by atoms with van der Waals surface area (Å²) in [6.07, 6.45) is 3.15. The molecule has 108 valence electrons. The molecule has 1 rings (SSSR count). The summed E-state index contributed by atoms with van der Waals surface area (Å²) in [5, 5.41) is 9.65. The summed E-state index contributed by atoms with van der Waals surface area (Å²) in [4.78, 5) is 2.32. The fraction of sp³-hybridized carbons (Fsp3) is 0.625. The molecule has 0 radical (unpaired) electrons. The average molecular weight is 264 g/mol. The van der Waals surface area contributed by atoms with E-state index in [2.05, 4.69) is 25.8 Å². The lowest BCUT2D eigenvalue weighted by atomic mass is 9.88. The monoisotopic (exact) mass is 264 g/mol. The van der Waals surface area contributed by atoms with Crippen molar-refractivity contribution in [2.24, 2.45) is 5.73 Å². The number of nitrogens with two attached hydrogens (primary N) is 1. The molecule has 1 aromatic rings. The molecular weight excluding hydrogens is 236 g/mol. The minimum absolute atomic E-state index is 0.0208. The number of aliphatic hydroxyl groups is 1. The van der Waals surface area contributed by atoms with Gasteiger partial charge in [-0.1, -0.05) is 43.7 Å². The van der Waals surface area contributed by atoms with Crippen LogP contribution in [0, 0.1) is 0 Å². The third-order valence-corrected chi connectivity index (χ3v) is 4.00. The highest BCUT2D eigenvalue weighted by atomic mass is 16.3. The standard InChI is InChI=1S/C16H28N2O/c1-4-8-14(2)18(3)12-11-16(17,13-19)15-9-6-5-7-10-15/h5-7,9-10,14,19H,4,8,11-13,17H2,1-3H3. The summed E-state index contributed by atoms with van der Waals surface area (Å²) in [7, 11) is 2.13. The summed E-state index contributed by atoms with van der Waals surface area (Å²) in [6, 6.07) is 10.4. The molecule has 0 spiro atoms. The fourth-order valence-corrected chi connectivity index (χ4v) is 2.32. The molecule has 3 heteroatoms. The molecule has 2 unspecified atom stereocenters. The summed E-state index contributed by atoms with van der Waals surface area (Å²) < 4.78 is 0. The van der Waals surface area contributed by atoms with Crippen molar-refractivity contribution >= 4 is 0 Å². The number of rotatable bonds is 8. The van der Waals surface area contributed by atoms with Crippen LogP contribution in [0.15, 0.2) is 30.3 Å². The van der Waals surface area contributed by atoms with Gasteiger partial charge in [-0.2, -0.15) is 0 Å². The van der Waals surface area contributed by atoms with Crippen LogP contribution in [0.2, 0.25) is 0 Å². The van der Waals surface area contributed by atoms with Crippen molar-refractivity contribution in [2.75, 3.05) is 20.2 Å². The number of aliphatic hydroxyl groups excluding tert-OH is 1. The highest BCUT2D eigenvalue weighted by Gasteiger charge is 2.26. The van der Waals surface area contributed by atoms with E-state index < -0.39 is 5.54 Å². The second-order valence-electron chi connectivity index (χ2n) is 5.55. The smallest absolute Gasteiger partial charge is 0.0656 e. The van der Waals surface area contributed by atoms with Gasteiger partial charge in [-0.25, -0.2) is 0 Å². The van der Waals surface area contributed by atoms with E-state index in [1.54, 1.807) is 0 Å². The minimum Gasteiger partial charge on any atom is -0.394 e. The SMILES string of the molecule is CCCC(C)N(C)CCC(N)(CO)c1ccccc1. The highest BCUT2D eigenvalue weighted by Crippen LogP contribution is 2.22. The van der Waals surface area contributed by atoms with E-state index in [-0.39, 0.29) is 6.61 Å². The molecule has 3 N–H and O–H groups in total. The third kappa shape index (κ3) is 4.60. The lowest BCUT2D eigenvalue weighted by Crippen LogP contribution is -2.44. The Morgan fingerprint density at radius 3 is 2.47 bits per heavy atom. The molecule has 0 aliphatic carbocycles. The van der Waals surface area contributed by atoms with Gasteiger partial charge in [0.15, 0.2) is 0 Å². The Kier molecular flexibility index (Phi) is 6.49. The van der Waals surface area contributed by atoms with Crippen LogP contribution in [0.3, 0.4) is 0 Å². The van der Waals surface area contributed by atoms with Crippen molar-refractivity contribution < 1.29 is 5.11 Å². The van der Waals surface area contributed by atoms with Gasteiger partial charge >= 0.3 is 0 Å². The van der Waals surface area contributed by atoms with Crippen molar-refractivity contribution in [3.05, 3.63) is 35.9 Å². The Morgan fingerprint density at radius 1 is 1.32 bits per heavy atom. The summed E-state index contributed by atoms with van der Waals surface area (Å²) in [6.45, 7) is 5.32. The molecule has 3 nitrogen and oxygen atoms in total. The number of hydrogen-bond donors (Lipinski definition) is 2. The molecule has 0 aliphatic rings. The Labute approximate surface area is 117 Å². The summed E-state index contributed by atoms with van der Waals surface area (Å²) >= 11 is 0. The van der Waals surface area contributed by atoms with Crippen molar-refractivity contribution in [1.82, 2.24) is 4.90 Å². The molecular formula is C16H28N2O. The molecule has 0 bridgehead atoms. The van der Waals surface area contributed by atoms with Gasteiger partial charge in [-0.15, -0.1) is 0 Å². The lowest BCUT2D eigenvalue weighted by Gasteiger charge is -2.32. The van der Waals surface area contributed by atoms with Crippen LogP contribution in [0.25, 0.3) is 0 Å². The van der Waals surface area contributed by atoms with Crippen molar-refractivity contribution in [3.63, 3.8) is 0 Å². The first-order chi connectivity index (χ1) is 9.03. The largest absolute Gasteiger partial charge is 0.394 e. The van der Waals surface area contributed by atoms with E-state index in [1.807, 2.05) is 30.3 Å². The van der Waals surface area contributed by atoms with Crippen LogP contribution >= 0.6 is 0 Å². The van der Waals surface area contributed by atoms with Crippen LogP contribution < -0.4 is 5.73 Å². The van der Waals surface area contributed by atoms with Gasteiger partial charge in [0.05, 0.1) is 12.1 Å². The van der Waals surface area contributed by atoms with Crippen molar-refractivity contribution in [2.45, 2.75) is 44.7 Å². The van der Waals surface area contributed by atoms with Gasteiger partial charge < -0.3 is 15.7 Å². The van der Waals surface area contributed by atoms with E-state index in [0.29, 0.717) is 6.04 Å². The Hall–Kier alpha value is -0.900. The molecule has 0 aliphatic heterocycles. The van der Waals surface area contributed by atoms with Gasteiger partial charge in [0.1, 0.15) is 0 Å². The normalized spacial score (nSPS) is 16.3. The summed E-state index contributed by atoms with van der Waals surface area (Å²) in [5.74, 6) is 0. The molecule has 0 saturated heterocycles. The average Bonchev–Trinajstić information content (AvgIpc) is 2.45. The van der Waals surface area contributed by atoms with Crippen molar-refractivity contribution in [1.29, 1.82) is 0 Å². The highest BCUT2D eigenvalue weighted by molar-refractivity contribution is 5.24.